The van der Waals surface area contributed by atoms with E-state index in [2.05, 4.69) is 5.32 Å². The highest BCUT2D eigenvalue weighted by Crippen LogP contribution is 2.29. The number of anilines is 2. The number of hydrogen-bond acceptors (Lipinski definition) is 4. The minimum Gasteiger partial charge on any atom is -0.493 e. The molecule has 0 heterocycles. The zero-order valence-corrected chi connectivity index (χ0v) is 11.7. The standard InChI is InChI=1S/C15H16F2N2O2/c1-20-13-4-3-9(5-14(13)21-2)8-19-12-7-10(16)6-11(17)15(12)18/h3-7,19H,8,18H2,1-2H3. The predicted molar refractivity (Wildman–Crippen MR) is 77.6 cm³/mol. The number of nitrogen functional groups attached to an aromatic ring is 1. The van der Waals surface area contributed by atoms with E-state index in [1.165, 1.54) is 7.11 Å². The average Bonchev–Trinajstić information content (AvgIpc) is 2.49. The van der Waals surface area contributed by atoms with E-state index >= 15 is 0 Å². The van der Waals surface area contributed by atoms with Crippen LogP contribution in [0.1, 0.15) is 5.56 Å². The van der Waals surface area contributed by atoms with Gasteiger partial charge in [-0.3, -0.25) is 0 Å². The fraction of sp³-hybridized carbons (Fsp3) is 0.200. The van der Waals surface area contributed by atoms with E-state index in [1.807, 2.05) is 6.07 Å². The van der Waals surface area contributed by atoms with Crippen LogP contribution in [0.2, 0.25) is 0 Å². The summed E-state index contributed by atoms with van der Waals surface area (Å²) in [5, 5.41) is 2.90. The number of halogens is 2. The van der Waals surface area contributed by atoms with Crippen LogP contribution < -0.4 is 20.5 Å². The van der Waals surface area contributed by atoms with E-state index in [-0.39, 0.29) is 11.4 Å². The van der Waals surface area contributed by atoms with E-state index in [1.54, 1.807) is 19.2 Å². The van der Waals surface area contributed by atoms with E-state index < -0.39 is 11.6 Å². The molecule has 0 amide bonds. The molecular weight excluding hydrogens is 278 g/mol. The normalized spacial score (nSPS) is 10.3. The number of ether oxygens (including phenoxy) is 2. The fourth-order valence-electron chi connectivity index (χ4n) is 1.92. The lowest BCUT2D eigenvalue weighted by Crippen LogP contribution is -2.05. The maximum absolute atomic E-state index is 13.3. The van der Waals surface area contributed by atoms with Gasteiger partial charge >= 0.3 is 0 Å². The van der Waals surface area contributed by atoms with Crippen LogP contribution in [0.3, 0.4) is 0 Å². The Bertz CT molecular complexity index is 648. The zero-order chi connectivity index (χ0) is 15.4. The molecule has 0 aromatic heterocycles. The zero-order valence-electron chi connectivity index (χ0n) is 11.7. The number of benzene rings is 2. The van der Waals surface area contributed by atoms with Crippen LogP contribution in [0.15, 0.2) is 30.3 Å². The van der Waals surface area contributed by atoms with Gasteiger partial charge in [-0.05, 0) is 23.8 Å². The Labute approximate surface area is 121 Å². The van der Waals surface area contributed by atoms with Crippen molar-refractivity contribution in [1.29, 1.82) is 0 Å². The van der Waals surface area contributed by atoms with Crippen molar-refractivity contribution in [2.24, 2.45) is 0 Å². The van der Waals surface area contributed by atoms with Gasteiger partial charge in [0.25, 0.3) is 0 Å². The van der Waals surface area contributed by atoms with Crippen LogP contribution in [0.4, 0.5) is 20.2 Å². The highest BCUT2D eigenvalue weighted by molar-refractivity contribution is 5.66. The third-order valence-corrected chi connectivity index (χ3v) is 3.03. The molecule has 0 aliphatic carbocycles. The van der Waals surface area contributed by atoms with Gasteiger partial charge in [0.2, 0.25) is 0 Å². The predicted octanol–water partition coefficient (Wildman–Crippen LogP) is 3.18. The Balaban J connectivity index is 2.17. The van der Waals surface area contributed by atoms with Crippen molar-refractivity contribution in [1.82, 2.24) is 0 Å². The smallest absolute Gasteiger partial charge is 0.161 e. The summed E-state index contributed by atoms with van der Waals surface area (Å²) >= 11 is 0. The molecule has 0 atom stereocenters. The van der Waals surface area contributed by atoms with Gasteiger partial charge in [0.05, 0.1) is 25.6 Å². The van der Waals surface area contributed by atoms with Gasteiger partial charge in [0.15, 0.2) is 17.3 Å². The average molecular weight is 294 g/mol. The first-order valence-corrected chi connectivity index (χ1v) is 6.24. The Kier molecular flexibility index (Phi) is 4.47. The molecule has 0 radical (unpaired) electrons. The van der Waals surface area contributed by atoms with Crippen LogP contribution in [0.25, 0.3) is 0 Å². The molecule has 0 bridgehead atoms. The Morgan fingerprint density at radius 1 is 1.05 bits per heavy atom. The Morgan fingerprint density at radius 3 is 2.43 bits per heavy atom. The first kappa shape index (κ1) is 14.9. The van der Waals surface area contributed by atoms with Crippen molar-refractivity contribution in [3.05, 3.63) is 47.5 Å². The number of methoxy groups -OCH3 is 2. The summed E-state index contributed by atoms with van der Waals surface area (Å²) in [6.45, 7) is 0.341. The largest absolute Gasteiger partial charge is 0.493 e. The van der Waals surface area contributed by atoms with Crippen LogP contribution in [0.5, 0.6) is 11.5 Å². The summed E-state index contributed by atoms with van der Waals surface area (Å²) in [5.41, 5.74) is 6.52. The third kappa shape index (κ3) is 3.34. The summed E-state index contributed by atoms with van der Waals surface area (Å²) in [6.07, 6.45) is 0. The van der Waals surface area contributed by atoms with Crippen LogP contribution in [0, 0.1) is 11.6 Å². The topological polar surface area (TPSA) is 56.5 Å². The molecule has 0 unspecified atom stereocenters. The molecule has 0 aliphatic heterocycles. The van der Waals surface area contributed by atoms with Crippen molar-refractivity contribution in [2.75, 3.05) is 25.3 Å². The summed E-state index contributed by atoms with van der Waals surface area (Å²) in [7, 11) is 3.08. The SMILES string of the molecule is COc1ccc(CNc2cc(F)cc(F)c2N)cc1OC. The molecule has 2 aromatic rings. The number of hydrogen-bond donors (Lipinski definition) is 2. The quantitative estimate of drug-likeness (QED) is 0.832. The molecule has 0 saturated heterocycles. The monoisotopic (exact) mass is 294 g/mol. The first-order chi connectivity index (χ1) is 10.0. The summed E-state index contributed by atoms with van der Waals surface area (Å²) in [6, 6.07) is 7.25. The molecule has 0 fully saturated rings. The molecular formula is C15H16F2N2O2. The first-order valence-electron chi connectivity index (χ1n) is 6.24. The third-order valence-electron chi connectivity index (χ3n) is 3.03. The molecule has 0 spiro atoms. The minimum absolute atomic E-state index is 0.114. The summed E-state index contributed by atoms with van der Waals surface area (Å²) < 4.78 is 36.9. The molecule has 2 rings (SSSR count). The summed E-state index contributed by atoms with van der Waals surface area (Å²) in [5.74, 6) is -0.283. The minimum atomic E-state index is -0.787. The van der Waals surface area contributed by atoms with Gasteiger partial charge in [0, 0.05) is 12.6 Å². The molecule has 2 aromatic carbocycles. The molecule has 6 heteroatoms. The van der Waals surface area contributed by atoms with Crippen molar-refractivity contribution in [3.8, 4) is 11.5 Å². The maximum atomic E-state index is 13.3. The van der Waals surface area contributed by atoms with Crippen LogP contribution >= 0.6 is 0 Å². The highest BCUT2D eigenvalue weighted by Gasteiger charge is 2.09. The Hall–Kier alpha value is -2.50. The van der Waals surface area contributed by atoms with Gasteiger partial charge < -0.3 is 20.5 Å². The van der Waals surface area contributed by atoms with Crippen LogP contribution in [-0.4, -0.2) is 14.2 Å². The fourth-order valence-corrected chi connectivity index (χ4v) is 1.92. The van der Waals surface area contributed by atoms with E-state index in [9.17, 15) is 8.78 Å². The number of rotatable bonds is 5. The summed E-state index contributed by atoms with van der Waals surface area (Å²) in [4.78, 5) is 0. The highest BCUT2D eigenvalue weighted by atomic mass is 19.1. The van der Waals surface area contributed by atoms with E-state index in [4.69, 9.17) is 15.2 Å². The van der Waals surface area contributed by atoms with E-state index in [0.717, 1.165) is 17.7 Å². The number of nitrogens with one attached hydrogen (secondary N) is 1. The van der Waals surface area contributed by atoms with Crippen molar-refractivity contribution in [3.63, 3.8) is 0 Å². The molecule has 0 saturated carbocycles. The van der Waals surface area contributed by atoms with Crippen molar-refractivity contribution >= 4 is 11.4 Å². The lowest BCUT2D eigenvalue weighted by atomic mass is 10.2. The Morgan fingerprint density at radius 2 is 1.76 bits per heavy atom. The molecule has 3 N–H and O–H groups in total. The van der Waals surface area contributed by atoms with Crippen molar-refractivity contribution in [2.45, 2.75) is 6.54 Å². The van der Waals surface area contributed by atoms with Gasteiger partial charge in [0.1, 0.15) is 5.82 Å². The lowest BCUT2D eigenvalue weighted by molar-refractivity contribution is 0.354. The van der Waals surface area contributed by atoms with Gasteiger partial charge in [-0.2, -0.15) is 0 Å². The second-order valence-electron chi connectivity index (χ2n) is 4.39. The van der Waals surface area contributed by atoms with Crippen LogP contribution in [-0.2, 0) is 6.54 Å². The van der Waals surface area contributed by atoms with Crippen molar-refractivity contribution < 1.29 is 18.3 Å². The maximum Gasteiger partial charge on any atom is 0.161 e. The molecule has 21 heavy (non-hydrogen) atoms. The number of nitrogens with two attached hydrogens (primary N) is 1. The van der Waals surface area contributed by atoms with E-state index in [0.29, 0.717) is 18.0 Å². The van der Waals surface area contributed by atoms with Gasteiger partial charge in [-0.25, -0.2) is 8.78 Å². The molecule has 4 nitrogen and oxygen atoms in total. The van der Waals surface area contributed by atoms with Gasteiger partial charge in [-0.1, -0.05) is 6.07 Å². The second kappa shape index (κ2) is 6.30. The molecule has 112 valence electrons. The second-order valence-corrected chi connectivity index (χ2v) is 4.39. The van der Waals surface area contributed by atoms with Gasteiger partial charge in [-0.15, -0.1) is 0 Å². The lowest BCUT2D eigenvalue weighted by Gasteiger charge is -2.12. The molecule has 0 aliphatic rings.